The predicted molar refractivity (Wildman–Crippen MR) is 136 cm³/mol. The molecule has 2 heterocycles. The molecule has 0 bridgehead atoms. The minimum atomic E-state index is -3.63. The molecular weight excluding hydrogens is 525 g/mol. The standard InChI is InChI=1S/C19H22F5N3O.C8H14O3/c1-3-6-14-12(4-2)17(27-18(26-14)19(23,24)10-28)25-9-11-7-5-8-13(15(11)20)16(21)22;1-7(9)8(10-2)3-5-11-6-4-8/h5,7-8,16,28H,3-4,6,9-10H2,1-2H3,(H,25,26,27);3-6H2,1-2H3. The molecule has 39 heavy (non-hydrogen) atoms. The van der Waals surface area contributed by atoms with Crippen molar-refractivity contribution in [3.05, 3.63) is 52.2 Å². The summed E-state index contributed by atoms with van der Waals surface area (Å²) in [5.41, 5.74) is -0.307. The van der Waals surface area contributed by atoms with Crippen LogP contribution in [0.15, 0.2) is 18.2 Å². The van der Waals surface area contributed by atoms with E-state index in [0.717, 1.165) is 6.07 Å². The summed E-state index contributed by atoms with van der Waals surface area (Å²) < 4.78 is 78.2. The number of alkyl halides is 4. The third kappa shape index (κ3) is 8.15. The number of hydrogen-bond donors (Lipinski definition) is 2. The van der Waals surface area contributed by atoms with Crippen LogP contribution in [0.5, 0.6) is 0 Å². The number of ketones is 1. The van der Waals surface area contributed by atoms with E-state index >= 15 is 0 Å². The fourth-order valence-corrected chi connectivity index (χ4v) is 4.21. The lowest BCUT2D eigenvalue weighted by atomic mass is 9.90. The van der Waals surface area contributed by atoms with Crippen molar-refractivity contribution < 1.29 is 41.3 Å². The van der Waals surface area contributed by atoms with E-state index in [-0.39, 0.29) is 23.7 Å². The average Bonchev–Trinajstić information content (AvgIpc) is 2.92. The number of benzene rings is 1. The molecule has 3 rings (SSSR count). The van der Waals surface area contributed by atoms with E-state index in [0.29, 0.717) is 56.6 Å². The van der Waals surface area contributed by atoms with Crippen LogP contribution < -0.4 is 5.32 Å². The Bertz CT molecular complexity index is 1100. The molecule has 1 aliphatic rings. The normalized spacial score (nSPS) is 15.1. The molecule has 218 valence electrons. The molecule has 2 aromatic rings. The van der Waals surface area contributed by atoms with Crippen LogP contribution in [0.4, 0.5) is 27.8 Å². The van der Waals surface area contributed by atoms with E-state index in [1.807, 2.05) is 6.92 Å². The molecule has 1 saturated heterocycles. The highest BCUT2D eigenvalue weighted by Crippen LogP contribution is 2.30. The summed E-state index contributed by atoms with van der Waals surface area (Å²) >= 11 is 0. The zero-order valence-corrected chi connectivity index (χ0v) is 22.6. The van der Waals surface area contributed by atoms with Gasteiger partial charge in [0.05, 0.1) is 5.56 Å². The molecule has 0 aliphatic carbocycles. The number of methoxy groups -OCH3 is 1. The lowest BCUT2D eigenvalue weighted by molar-refractivity contribution is -0.150. The summed E-state index contributed by atoms with van der Waals surface area (Å²) in [6, 6.07) is 3.62. The Kier molecular flexibility index (Phi) is 12.2. The largest absolute Gasteiger partial charge is 0.390 e. The van der Waals surface area contributed by atoms with Crippen LogP contribution in [-0.4, -0.2) is 53.4 Å². The van der Waals surface area contributed by atoms with Crippen LogP contribution in [0.25, 0.3) is 0 Å². The number of Topliss-reactive ketones (excluding diaryl/α,β-unsaturated/α-hetero) is 1. The highest BCUT2D eigenvalue weighted by atomic mass is 19.3. The Morgan fingerprint density at radius 3 is 2.38 bits per heavy atom. The molecule has 12 heteroatoms. The Balaban J connectivity index is 0.000000404. The van der Waals surface area contributed by atoms with Crippen molar-refractivity contribution in [1.29, 1.82) is 0 Å². The monoisotopic (exact) mass is 561 g/mol. The first-order valence-electron chi connectivity index (χ1n) is 12.8. The van der Waals surface area contributed by atoms with E-state index < -0.39 is 41.8 Å². The molecule has 1 aliphatic heterocycles. The number of nitrogens with zero attached hydrogens (tertiary/aromatic N) is 2. The number of halogens is 5. The molecule has 7 nitrogen and oxygen atoms in total. The van der Waals surface area contributed by atoms with Gasteiger partial charge in [0.1, 0.15) is 23.8 Å². The van der Waals surface area contributed by atoms with E-state index in [1.165, 1.54) is 12.1 Å². The SMILES string of the molecule is CCCc1nc(C(F)(F)CO)nc(NCc2cccc(C(F)F)c2F)c1CC.COC1(C(C)=O)CCOCC1. The summed E-state index contributed by atoms with van der Waals surface area (Å²) in [5, 5.41) is 11.7. The van der Waals surface area contributed by atoms with Gasteiger partial charge in [-0.2, -0.15) is 8.78 Å². The lowest BCUT2D eigenvalue weighted by Gasteiger charge is -2.33. The van der Waals surface area contributed by atoms with E-state index in [9.17, 15) is 26.7 Å². The fraction of sp³-hybridized carbons (Fsp3) is 0.593. The van der Waals surface area contributed by atoms with Gasteiger partial charge in [0.15, 0.2) is 5.78 Å². The van der Waals surface area contributed by atoms with Gasteiger partial charge < -0.3 is 19.9 Å². The van der Waals surface area contributed by atoms with Gasteiger partial charge in [0.25, 0.3) is 6.43 Å². The highest BCUT2D eigenvalue weighted by Gasteiger charge is 2.37. The summed E-state index contributed by atoms with van der Waals surface area (Å²) in [5.74, 6) is -5.33. The van der Waals surface area contributed by atoms with Gasteiger partial charge >= 0.3 is 5.92 Å². The van der Waals surface area contributed by atoms with Crippen LogP contribution in [0, 0.1) is 5.82 Å². The first kappa shape index (κ1) is 32.5. The first-order chi connectivity index (χ1) is 18.5. The Morgan fingerprint density at radius 2 is 1.90 bits per heavy atom. The molecule has 1 aromatic heterocycles. The molecule has 0 radical (unpaired) electrons. The van der Waals surface area contributed by atoms with Gasteiger partial charge in [-0.3, -0.25) is 4.79 Å². The van der Waals surface area contributed by atoms with Crippen LogP contribution >= 0.6 is 0 Å². The van der Waals surface area contributed by atoms with Gasteiger partial charge in [-0.25, -0.2) is 23.1 Å². The van der Waals surface area contributed by atoms with Crippen LogP contribution in [0.1, 0.15) is 74.7 Å². The number of aliphatic hydroxyl groups is 1. The van der Waals surface area contributed by atoms with Crippen molar-refractivity contribution in [1.82, 2.24) is 9.97 Å². The number of hydrogen-bond acceptors (Lipinski definition) is 7. The van der Waals surface area contributed by atoms with E-state index in [4.69, 9.17) is 14.6 Å². The number of aromatic nitrogens is 2. The van der Waals surface area contributed by atoms with Crippen molar-refractivity contribution in [2.24, 2.45) is 0 Å². The molecule has 0 spiro atoms. The number of aliphatic hydroxyl groups excluding tert-OH is 1. The van der Waals surface area contributed by atoms with Crippen molar-refractivity contribution in [2.45, 2.75) is 77.4 Å². The minimum absolute atomic E-state index is 0.0361. The molecule has 2 N–H and O–H groups in total. The Morgan fingerprint density at radius 1 is 1.23 bits per heavy atom. The van der Waals surface area contributed by atoms with Gasteiger partial charge in [0.2, 0.25) is 5.82 Å². The average molecular weight is 562 g/mol. The second-order valence-electron chi connectivity index (χ2n) is 9.13. The zero-order chi connectivity index (χ0) is 29.2. The molecule has 1 aromatic carbocycles. The minimum Gasteiger partial charge on any atom is -0.390 e. The summed E-state index contributed by atoms with van der Waals surface area (Å²) in [6.45, 7) is 4.84. The van der Waals surface area contributed by atoms with Gasteiger partial charge in [-0.1, -0.05) is 38.5 Å². The van der Waals surface area contributed by atoms with E-state index in [1.54, 1.807) is 21.0 Å². The van der Waals surface area contributed by atoms with Crippen LogP contribution in [0.2, 0.25) is 0 Å². The molecular formula is C27H36F5N3O4. The molecule has 0 unspecified atom stereocenters. The fourth-order valence-electron chi connectivity index (χ4n) is 4.21. The first-order valence-corrected chi connectivity index (χ1v) is 12.8. The summed E-state index contributed by atoms with van der Waals surface area (Å²) in [7, 11) is 1.59. The lowest BCUT2D eigenvalue weighted by Crippen LogP contribution is -2.44. The van der Waals surface area contributed by atoms with Gasteiger partial charge in [-0.15, -0.1) is 0 Å². The topological polar surface area (TPSA) is 93.6 Å². The molecule has 0 atom stereocenters. The maximum Gasteiger partial charge on any atom is 0.329 e. The van der Waals surface area contributed by atoms with E-state index in [2.05, 4.69) is 15.3 Å². The van der Waals surface area contributed by atoms with Gasteiger partial charge in [0, 0.05) is 56.5 Å². The second kappa shape index (κ2) is 14.6. The zero-order valence-electron chi connectivity index (χ0n) is 22.6. The van der Waals surface area contributed by atoms with Crippen molar-refractivity contribution in [2.75, 3.05) is 32.2 Å². The van der Waals surface area contributed by atoms with Crippen molar-refractivity contribution in [3.63, 3.8) is 0 Å². The third-order valence-electron chi connectivity index (χ3n) is 6.58. The quantitative estimate of drug-likeness (QED) is 0.348. The Hall–Kier alpha value is -2.70. The van der Waals surface area contributed by atoms with Crippen LogP contribution in [-0.2, 0) is 39.6 Å². The number of aryl methyl sites for hydroxylation is 1. The molecule has 0 saturated carbocycles. The summed E-state index contributed by atoms with van der Waals surface area (Å²) in [6.07, 6.45) is -0.0703. The number of carbonyl (C=O) groups excluding carboxylic acids is 1. The number of rotatable bonds is 11. The second-order valence-corrected chi connectivity index (χ2v) is 9.13. The number of nitrogens with one attached hydrogen (secondary N) is 1. The molecule has 0 amide bonds. The number of carbonyl (C=O) groups is 1. The Labute approximate surface area is 225 Å². The summed E-state index contributed by atoms with van der Waals surface area (Å²) in [4.78, 5) is 18.9. The number of ether oxygens (including phenoxy) is 2. The molecule has 1 fully saturated rings. The van der Waals surface area contributed by atoms with Gasteiger partial charge in [-0.05, 0) is 19.8 Å². The van der Waals surface area contributed by atoms with Crippen LogP contribution in [0.3, 0.4) is 0 Å². The van der Waals surface area contributed by atoms with Crippen molar-refractivity contribution >= 4 is 11.6 Å². The predicted octanol–water partition coefficient (Wildman–Crippen LogP) is 5.54. The number of anilines is 1. The maximum atomic E-state index is 14.2. The maximum absolute atomic E-state index is 14.2. The smallest absolute Gasteiger partial charge is 0.329 e. The highest BCUT2D eigenvalue weighted by molar-refractivity contribution is 5.85. The third-order valence-corrected chi connectivity index (χ3v) is 6.58. The van der Waals surface area contributed by atoms with Crippen molar-refractivity contribution in [3.8, 4) is 0 Å².